The molecule has 0 aromatic carbocycles. The molecule has 0 spiro atoms. The summed E-state index contributed by atoms with van der Waals surface area (Å²) in [6.07, 6.45) is -1.10. The summed E-state index contributed by atoms with van der Waals surface area (Å²) >= 11 is 0. The predicted octanol–water partition coefficient (Wildman–Crippen LogP) is 1.05. The number of nitrogens with one attached hydrogen (secondary N) is 1. The molecule has 4 nitrogen and oxygen atoms in total. The van der Waals surface area contributed by atoms with Gasteiger partial charge in [0.15, 0.2) is 0 Å². The Labute approximate surface area is 72.6 Å². The van der Waals surface area contributed by atoms with Crippen molar-refractivity contribution in [2.75, 3.05) is 0 Å². The second kappa shape index (κ2) is 3.76. The van der Waals surface area contributed by atoms with Crippen LogP contribution in [0.2, 0.25) is 0 Å². The van der Waals surface area contributed by atoms with Gasteiger partial charge in [0.05, 0.1) is 11.6 Å². The average molecular weight is 175 g/mol. The van der Waals surface area contributed by atoms with Gasteiger partial charge >= 0.3 is 6.09 Å². The Morgan fingerprint density at radius 3 is 1.92 bits per heavy atom. The number of amides is 1. The highest BCUT2D eigenvalue weighted by Crippen LogP contribution is 2.16. The quantitative estimate of drug-likeness (QED) is 0.600. The molecule has 1 atom stereocenters. The Kier molecular flexibility index (Phi) is 3.52. The summed E-state index contributed by atoms with van der Waals surface area (Å²) < 4.78 is 0. The number of carbonyl (C=O) groups is 1. The molecule has 72 valence electrons. The van der Waals surface area contributed by atoms with E-state index in [9.17, 15) is 9.90 Å². The number of hydrogen-bond donors (Lipinski definition) is 3. The second-order valence-electron chi connectivity index (χ2n) is 3.82. The molecule has 0 heterocycles. The van der Waals surface area contributed by atoms with E-state index in [4.69, 9.17) is 5.11 Å². The third kappa shape index (κ3) is 3.57. The molecule has 0 saturated heterocycles. The van der Waals surface area contributed by atoms with E-state index in [0.29, 0.717) is 0 Å². The normalized spacial score (nSPS) is 14.5. The molecule has 0 fully saturated rings. The summed E-state index contributed by atoms with van der Waals surface area (Å²) in [4.78, 5) is 10.3. The fourth-order valence-electron chi connectivity index (χ4n) is 1.29. The van der Waals surface area contributed by atoms with Crippen LogP contribution in [0.15, 0.2) is 0 Å². The minimum absolute atomic E-state index is 0.0705. The van der Waals surface area contributed by atoms with Gasteiger partial charge in [0, 0.05) is 0 Å². The molecule has 1 amide bonds. The summed E-state index contributed by atoms with van der Waals surface area (Å²) in [5.74, 6) is 0.0705. The van der Waals surface area contributed by atoms with Crippen molar-refractivity contribution in [3.05, 3.63) is 0 Å². The predicted molar refractivity (Wildman–Crippen MR) is 46.1 cm³/mol. The lowest BCUT2D eigenvalue weighted by Crippen LogP contribution is -2.51. The lowest BCUT2D eigenvalue weighted by atomic mass is 9.89. The maximum Gasteiger partial charge on any atom is 0.404 e. The number of hydrogen-bond acceptors (Lipinski definition) is 2. The van der Waals surface area contributed by atoms with Crippen molar-refractivity contribution in [3.8, 4) is 0 Å². The van der Waals surface area contributed by atoms with Crippen molar-refractivity contribution in [1.29, 1.82) is 0 Å². The lowest BCUT2D eigenvalue weighted by molar-refractivity contribution is 0.0211. The minimum atomic E-state index is -1.10. The van der Waals surface area contributed by atoms with Gasteiger partial charge in [0.25, 0.3) is 0 Å². The van der Waals surface area contributed by atoms with Crippen LogP contribution in [0, 0.1) is 5.92 Å². The SMILES string of the molecule is CC(C)C(NC(=O)O)C(C)(C)O. The molecule has 0 aliphatic rings. The molecule has 0 aromatic rings. The number of rotatable bonds is 3. The summed E-state index contributed by atoms with van der Waals surface area (Å²) in [6.45, 7) is 6.90. The Hall–Kier alpha value is -0.770. The molecule has 0 aromatic heterocycles. The smallest absolute Gasteiger partial charge is 0.404 e. The first-order valence-corrected chi connectivity index (χ1v) is 3.97. The van der Waals surface area contributed by atoms with Gasteiger partial charge in [-0.15, -0.1) is 0 Å². The summed E-state index contributed by atoms with van der Waals surface area (Å²) in [6, 6.07) is -0.435. The van der Waals surface area contributed by atoms with Crippen LogP contribution in [-0.4, -0.2) is 27.9 Å². The van der Waals surface area contributed by atoms with Crippen molar-refractivity contribution < 1.29 is 15.0 Å². The Bertz CT molecular complexity index is 160. The maximum absolute atomic E-state index is 10.3. The second-order valence-corrected chi connectivity index (χ2v) is 3.82. The first-order valence-electron chi connectivity index (χ1n) is 3.97. The molecular formula is C8H17NO3. The zero-order valence-electron chi connectivity index (χ0n) is 7.96. The van der Waals surface area contributed by atoms with Crippen LogP contribution in [0.3, 0.4) is 0 Å². The van der Waals surface area contributed by atoms with Crippen LogP contribution in [0.1, 0.15) is 27.7 Å². The molecule has 3 N–H and O–H groups in total. The molecule has 0 radical (unpaired) electrons. The maximum atomic E-state index is 10.3. The highest BCUT2D eigenvalue weighted by atomic mass is 16.4. The van der Waals surface area contributed by atoms with Crippen LogP contribution in [-0.2, 0) is 0 Å². The standard InChI is InChI=1S/C8H17NO3/c1-5(2)6(8(3,4)12)9-7(10)11/h5-6,9,12H,1-4H3,(H,10,11). The van der Waals surface area contributed by atoms with Crippen LogP contribution < -0.4 is 5.32 Å². The van der Waals surface area contributed by atoms with E-state index in [1.165, 1.54) is 0 Å². The zero-order chi connectivity index (χ0) is 9.94. The highest BCUT2D eigenvalue weighted by Gasteiger charge is 2.30. The van der Waals surface area contributed by atoms with Crippen molar-refractivity contribution in [3.63, 3.8) is 0 Å². The van der Waals surface area contributed by atoms with E-state index in [1.54, 1.807) is 13.8 Å². The van der Waals surface area contributed by atoms with Crippen LogP contribution in [0.25, 0.3) is 0 Å². The monoisotopic (exact) mass is 175 g/mol. The highest BCUT2D eigenvalue weighted by molar-refractivity contribution is 5.65. The minimum Gasteiger partial charge on any atom is -0.465 e. The van der Waals surface area contributed by atoms with Gasteiger partial charge < -0.3 is 15.5 Å². The topological polar surface area (TPSA) is 69.6 Å². The molecule has 4 heteroatoms. The number of carboxylic acid groups (broad SMARTS) is 1. The Morgan fingerprint density at radius 1 is 1.42 bits per heavy atom. The number of aliphatic hydroxyl groups is 1. The van der Waals surface area contributed by atoms with E-state index >= 15 is 0 Å². The van der Waals surface area contributed by atoms with Gasteiger partial charge in [-0.3, -0.25) is 0 Å². The van der Waals surface area contributed by atoms with Crippen molar-refractivity contribution in [2.24, 2.45) is 5.92 Å². The van der Waals surface area contributed by atoms with Gasteiger partial charge in [-0.25, -0.2) is 4.79 Å². The molecule has 0 bridgehead atoms. The molecule has 0 aliphatic carbocycles. The molecule has 0 saturated carbocycles. The van der Waals surface area contributed by atoms with Gasteiger partial charge in [0.2, 0.25) is 0 Å². The fraction of sp³-hybridized carbons (Fsp3) is 0.875. The van der Waals surface area contributed by atoms with Crippen LogP contribution in [0.5, 0.6) is 0 Å². The van der Waals surface area contributed by atoms with Crippen molar-refractivity contribution in [2.45, 2.75) is 39.3 Å². The van der Waals surface area contributed by atoms with E-state index in [2.05, 4.69) is 5.32 Å². The van der Waals surface area contributed by atoms with E-state index in [-0.39, 0.29) is 5.92 Å². The van der Waals surface area contributed by atoms with Gasteiger partial charge in [-0.1, -0.05) is 13.8 Å². The van der Waals surface area contributed by atoms with Gasteiger partial charge in [-0.05, 0) is 19.8 Å². The lowest BCUT2D eigenvalue weighted by Gasteiger charge is -2.32. The molecule has 12 heavy (non-hydrogen) atoms. The molecular weight excluding hydrogens is 158 g/mol. The third-order valence-corrected chi connectivity index (χ3v) is 1.71. The van der Waals surface area contributed by atoms with Gasteiger partial charge in [0.1, 0.15) is 0 Å². The Balaban J connectivity index is 4.35. The summed E-state index contributed by atoms with van der Waals surface area (Å²) in [5, 5.41) is 20.3. The first kappa shape index (κ1) is 11.2. The van der Waals surface area contributed by atoms with E-state index < -0.39 is 17.7 Å². The van der Waals surface area contributed by atoms with Crippen LogP contribution >= 0.6 is 0 Å². The third-order valence-electron chi connectivity index (χ3n) is 1.71. The van der Waals surface area contributed by atoms with E-state index in [1.807, 2.05) is 13.8 Å². The summed E-state index contributed by atoms with van der Waals surface area (Å²) in [7, 11) is 0. The largest absolute Gasteiger partial charge is 0.465 e. The Morgan fingerprint density at radius 2 is 1.83 bits per heavy atom. The first-order chi connectivity index (χ1) is 5.25. The van der Waals surface area contributed by atoms with Gasteiger partial charge in [-0.2, -0.15) is 0 Å². The average Bonchev–Trinajstić information content (AvgIpc) is 1.79. The van der Waals surface area contributed by atoms with Crippen molar-refractivity contribution >= 4 is 6.09 Å². The zero-order valence-corrected chi connectivity index (χ0v) is 7.96. The van der Waals surface area contributed by atoms with Crippen LogP contribution in [0.4, 0.5) is 4.79 Å². The molecule has 0 aliphatic heterocycles. The van der Waals surface area contributed by atoms with Crippen molar-refractivity contribution in [1.82, 2.24) is 5.32 Å². The fourth-order valence-corrected chi connectivity index (χ4v) is 1.29. The summed E-state index contributed by atoms with van der Waals surface area (Å²) in [5.41, 5.74) is -1.02. The molecule has 0 rings (SSSR count). The van der Waals surface area contributed by atoms with E-state index in [0.717, 1.165) is 0 Å². The molecule has 1 unspecified atom stereocenters.